The summed E-state index contributed by atoms with van der Waals surface area (Å²) in [7, 11) is 1.34. The fraction of sp³-hybridized carbons (Fsp3) is 0.296. The first-order valence-electron chi connectivity index (χ1n) is 11.1. The summed E-state index contributed by atoms with van der Waals surface area (Å²) in [5, 5.41) is 6.15. The molecule has 33 heavy (non-hydrogen) atoms. The minimum atomic E-state index is -0.935. The lowest BCUT2D eigenvalue weighted by molar-refractivity contribution is -0.120. The summed E-state index contributed by atoms with van der Waals surface area (Å²) >= 11 is 1.66. The number of carbonyl (C=O) groups is 2. The number of aromatic nitrogens is 1. The average molecular weight is 461 g/mol. The summed E-state index contributed by atoms with van der Waals surface area (Å²) in [6.45, 7) is 3.60. The van der Waals surface area contributed by atoms with E-state index in [1.165, 1.54) is 32.1 Å². The largest absolute Gasteiger partial charge is 0.465 e. The number of esters is 1. The minimum Gasteiger partial charge on any atom is -0.465 e. The highest BCUT2D eigenvalue weighted by Crippen LogP contribution is 2.36. The van der Waals surface area contributed by atoms with Gasteiger partial charge in [-0.15, -0.1) is 11.3 Å². The third kappa shape index (κ3) is 5.06. The van der Waals surface area contributed by atoms with E-state index in [0.717, 1.165) is 10.6 Å². The summed E-state index contributed by atoms with van der Waals surface area (Å²) in [6.07, 6.45) is 7.82. The number of nitrogens with one attached hydrogen (secondary N) is 1. The first-order valence-corrected chi connectivity index (χ1v) is 12.0. The molecule has 4 rings (SSSR count). The number of rotatable bonds is 7. The maximum atomic E-state index is 13.2. The maximum Gasteiger partial charge on any atom is 0.338 e. The van der Waals surface area contributed by atoms with Crippen LogP contribution in [0.5, 0.6) is 0 Å². The molecule has 0 atom stereocenters. The number of thiazole rings is 1. The Balaban J connectivity index is 1.48. The lowest BCUT2D eigenvalue weighted by Gasteiger charge is -2.26. The van der Waals surface area contributed by atoms with Crippen LogP contribution < -0.4 is 5.32 Å². The summed E-state index contributed by atoms with van der Waals surface area (Å²) in [4.78, 5) is 30.1. The van der Waals surface area contributed by atoms with Crippen molar-refractivity contribution in [3.63, 3.8) is 0 Å². The molecule has 1 aliphatic carbocycles. The molecule has 1 heterocycles. The van der Waals surface area contributed by atoms with Gasteiger partial charge in [0.2, 0.25) is 5.91 Å². The third-order valence-electron chi connectivity index (χ3n) is 6.20. The van der Waals surface area contributed by atoms with Crippen LogP contribution in [-0.4, -0.2) is 24.0 Å². The number of carbonyl (C=O) groups excluding carboxylic acids is 2. The molecular formula is C27H28N2O3S. The van der Waals surface area contributed by atoms with Gasteiger partial charge in [-0.2, -0.15) is 0 Å². The molecule has 0 saturated heterocycles. The van der Waals surface area contributed by atoms with Crippen molar-refractivity contribution in [3.8, 4) is 0 Å². The average Bonchev–Trinajstić information content (AvgIpc) is 3.24. The Kier molecular flexibility index (Phi) is 6.75. The highest BCUT2D eigenvalue weighted by Gasteiger charge is 2.33. The van der Waals surface area contributed by atoms with Crippen molar-refractivity contribution in [3.05, 3.63) is 81.3 Å². The van der Waals surface area contributed by atoms with E-state index >= 15 is 0 Å². The molecule has 1 saturated carbocycles. The van der Waals surface area contributed by atoms with Crippen molar-refractivity contribution in [2.45, 2.75) is 44.4 Å². The molecule has 0 aliphatic heterocycles. The monoisotopic (exact) mass is 460 g/mol. The number of hydrogen-bond donors (Lipinski definition) is 1. The fourth-order valence-corrected chi connectivity index (χ4v) is 4.67. The van der Waals surface area contributed by atoms with Gasteiger partial charge in [0.1, 0.15) is 5.01 Å². The molecule has 0 unspecified atom stereocenters. The van der Waals surface area contributed by atoms with E-state index in [2.05, 4.69) is 10.7 Å². The zero-order chi connectivity index (χ0) is 23.4. The number of anilines is 1. The molecule has 170 valence electrons. The van der Waals surface area contributed by atoms with Gasteiger partial charge in [0.15, 0.2) is 0 Å². The van der Waals surface area contributed by atoms with Gasteiger partial charge in [0, 0.05) is 17.0 Å². The van der Waals surface area contributed by atoms with E-state index in [0.29, 0.717) is 22.7 Å². The topological polar surface area (TPSA) is 68.3 Å². The van der Waals surface area contributed by atoms with E-state index in [-0.39, 0.29) is 5.91 Å². The predicted octanol–water partition coefficient (Wildman–Crippen LogP) is 6.28. The molecule has 5 nitrogen and oxygen atoms in total. The fourth-order valence-electron chi connectivity index (χ4n) is 3.88. The van der Waals surface area contributed by atoms with Crippen LogP contribution in [0.25, 0.3) is 12.2 Å². The van der Waals surface area contributed by atoms with Crippen LogP contribution in [0.1, 0.15) is 71.2 Å². The summed E-state index contributed by atoms with van der Waals surface area (Å²) < 4.78 is 4.89. The molecule has 0 radical (unpaired) electrons. The first kappa shape index (κ1) is 22.9. The Labute approximate surface area is 198 Å². The number of methoxy groups -OCH3 is 1. The SMILES string of the molecule is COC(=O)c1ccccc1C(C)(C)C(=O)Nc1cccc(C=Cc2nc(C3CCC3)cs2)c1. The van der Waals surface area contributed by atoms with Crippen molar-refractivity contribution in [2.75, 3.05) is 12.4 Å². The molecule has 0 spiro atoms. The molecule has 1 aliphatic rings. The summed E-state index contributed by atoms with van der Waals surface area (Å²) in [5.74, 6) is -0.0269. The van der Waals surface area contributed by atoms with E-state index in [4.69, 9.17) is 9.72 Å². The van der Waals surface area contributed by atoms with Gasteiger partial charge in [-0.25, -0.2) is 9.78 Å². The number of amides is 1. The van der Waals surface area contributed by atoms with Crippen molar-refractivity contribution < 1.29 is 14.3 Å². The zero-order valence-electron chi connectivity index (χ0n) is 19.1. The number of ether oxygens (including phenoxy) is 1. The maximum absolute atomic E-state index is 13.2. The van der Waals surface area contributed by atoms with E-state index < -0.39 is 11.4 Å². The van der Waals surface area contributed by atoms with E-state index in [9.17, 15) is 9.59 Å². The highest BCUT2D eigenvalue weighted by atomic mass is 32.1. The Morgan fingerprint density at radius 2 is 1.91 bits per heavy atom. The van der Waals surface area contributed by atoms with Crippen LogP contribution in [0.2, 0.25) is 0 Å². The van der Waals surface area contributed by atoms with Gasteiger partial charge in [-0.05, 0) is 62.1 Å². The van der Waals surface area contributed by atoms with E-state index in [1.54, 1.807) is 43.4 Å². The van der Waals surface area contributed by atoms with Gasteiger partial charge < -0.3 is 10.1 Å². The molecule has 1 amide bonds. The molecule has 1 fully saturated rings. The Bertz CT molecular complexity index is 1190. The van der Waals surface area contributed by atoms with Crippen LogP contribution in [0.3, 0.4) is 0 Å². The summed E-state index contributed by atoms with van der Waals surface area (Å²) in [6, 6.07) is 14.7. The quantitative estimate of drug-likeness (QED) is 0.421. The normalized spacial score (nSPS) is 14.2. The van der Waals surface area contributed by atoms with Gasteiger partial charge in [0.05, 0.1) is 23.8 Å². The number of hydrogen-bond acceptors (Lipinski definition) is 5. The van der Waals surface area contributed by atoms with Crippen molar-refractivity contribution in [1.29, 1.82) is 0 Å². The smallest absolute Gasteiger partial charge is 0.338 e. The molecule has 1 aromatic heterocycles. The molecule has 0 bridgehead atoms. The lowest BCUT2D eigenvalue weighted by Crippen LogP contribution is -2.36. The first-order chi connectivity index (χ1) is 15.9. The van der Waals surface area contributed by atoms with Crippen LogP contribution in [0.15, 0.2) is 53.9 Å². The van der Waals surface area contributed by atoms with Gasteiger partial charge in [-0.3, -0.25) is 4.79 Å². The van der Waals surface area contributed by atoms with Gasteiger partial charge in [-0.1, -0.05) is 42.8 Å². The highest BCUT2D eigenvalue weighted by molar-refractivity contribution is 7.10. The molecule has 2 aromatic carbocycles. The number of benzene rings is 2. The second-order valence-electron chi connectivity index (χ2n) is 8.81. The Hall–Kier alpha value is -3.25. The molecule has 3 aromatic rings. The van der Waals surface area contributed by atoms with Gasteiger partial charge >= 0.3 is 5.97 Å². The standard InChI is InChI=1S/C27H28N2O3S/c1-27(2,22-13-5-4-12-21(22)25(30)32-3)26(31)28-20-11-6-8-18(16-20)14-15-24-29-23(17-33-24)19-9-7-10-19/h4-6,8,11-17,19H,7,9-10H2,1-3H3,(H,28,31). The van der Waals surface area contributed by atoms with E-state index in [1.807, 2.05) is 42.5 Å². The zero-order valence-corrected chi connectivity index (χ0v) is 19.9. The van der Waals surface area contributed by atoms with Crippen molar-refractivity contribution >= 4 is 41.1 Å². The second-order valence-corrected chi connectivity index (χ2v) is 9.70. The minimum absolute atomic E-state index is 0.204. The van der Waals surface area contributed by atoms with Gasteiger partial charge in [0.25, 0.3) is 0 Å². The molecule has 6 heteroatoms. The molecule has 1 N–H and O–H groups in total. The predicted molar refractivity (Wildman–Crippen MR) is 134 cm³/mol. The van der Waals surface area contributed by atoms with Crippen LogP contribution in [0.4, 0.5) is 5.69 Å². The molecular weight excluding hydrogens is 432 g/mol. The third-order valence-corrected chi connectivity index (χ3v) is 7.03. The van der Waals surface area contributed by atoms with Crippen molar-refractivity contribution in [2.24, 2.45) is 0 Å². The number of nitrogens with zero attached hydrogens (tertiary/aromatic N) is 1. The Morgan fingerprint density at radius 1 is 1.12 bits per heavy atom. The van der Waals surface area contributed by atoms with Crippen LogP contribution in [-0.2, 0) is 14.9 Å². The second kappa shape index (κ2) is 9.71. The van der Waals surface area contributed by atoms with Crippen LogP contribution in [0, 0.1) is 0 Å². The Morgan fingerprint density at radius 3 is 2.64 bits per heavy atom. The van der Waals surface area contributed by atoms with Crippen LogP contribution >= 0.6 is 11.3 Å². The summed E-state index contributed by atoms with van der Waals surface area (Å²) in [5.41, 5.74) is 2.95. The lowest BCUT2D eigenvalue weighted by atomic mass is 9.80. The van der Waals surface area contributed by atoms with Crippen molar-refractivity contribution in [1.82, 2.24) is 4.98 Å².